The van der Waals surface area contributed by atoms with Gasteiger partial charge in [0.1, 0.15) is 22.3 Å². The van der Waals surface area contributed by atoms with Crippen LogP contribution in [0.5, 0.6) is 23.0 Å². The van der Waals surface area contributed by atoms with Crippen LogP contribution < -0.4 is 24.7 Å². The first kappa shape index (κ1) is 26.0. The predicted octanol–water partition coefficient (Wildman–Crippen LogP) is 4.98. The molecule has 8 nitrogen and oxygen atoms in total. The summed E-state index contributed by atoms with van der Waals surface area (Å²) in [6, 6.07) is 10.1. The molecule has 1 aromatic heterocycles. The lowest BCUT2D eigenvalue weighted by Crippen LogP contribution is -2.15. The van der Waals surface area contributed by atoms with Gasteiger partial charge in [-0.25, -0.2) is 21.6 Å². The van der Waals surface area contributed by atoms with Gasteiger partial charge in [0.25, 0.3) is 10.0 Å². The van der Waals surface area contributed by atoms with Crippen LogP contribution in [0.1, 0.15) is 6.42 Å². The van der Waals surface area contributed by atoms with Gasteiger partial charge in [0.2, 0.25) is 0 Å². The minimum Gasteiger partial charge on any atom is -0.493 e. The van der Waals surface area contributed by atoms with Gasteiger partial charge in [-0.05, 0) is 55.4 Å². The van der Waals surface area contributed by atoms with Crippen LogP contribution in [0, 0.1) is 17.5 Å². The van der Waals surface area contributed by atoms with E-state index in [0.29, 0.717) is 54.1 Å². The normalized spacial score (nSPS) is 11.4. The molecule has 0 aliphatic carbocycles. The maximum atomic E-state index is 14.9. The van der Waals surface area contributed by atoms with Gasteiger partial charge in [-0.1, -0.05) is 0 Å². The van der Waals surface area contributed by atoms with E-state index in [1.807, 2.05) is 4.72 Å². The average molecular weight is 534 g/mol. The molecule has 37 heavy (non-hydrogen) atoms. The van der Waals surface area contributed by atoms with Gasteiger partial charge in [0.05, 0.1) is 24.9 Å². The van der Waals surface area contributed by atoms with E-state index < -0.39 is 32.4 Å². The number of hydrogen-bond donors (Lipinski definition) is 2. The van der Waals surface area contributed by atoms with Gasteiger partial charge in [0.15, 0.2) is 23.1 Å². The number of aromatic nitrogens is 1. The number of anilines is 1. The predicted molar refractivity (Wildman–Crippen MR) is 131 cm³/mol. The Kier molecular flexibility index (Phi) is 7.69. The fourth-order valence-electron chi connectivity index (χ4n) is 3.41. The van der Waals surface area contributed by atoms with Crippen molar-refractivity contribution in [2.45, 2.75) is 11.3 Å². The van der Waals surface area contributed by atoms with Crippen LogP contribution in [0.3, 0.4) is 0 Å². The lowest BCUT2D eigenvalue weighted by molar-refractivity contribution is 0.292. The van der Waals surface area contributed by atoms with E-state index in [1.165, 1.54) is 31.5 Å². The molecule has 0 spiro atoms. The number of nitrogens with zero attached hydrogens (tertiary/aromatic N) is 1. The van der Waals surface area contributed by atoms with Gasteiger partial charge in [0, 0.05) is 23.7 Å². The molecule has 0 bridgehead atoms. The van der Waals surface area contributed by atoms with E-state index >= 15 is 0 Å². The van der Waals surface area contributed by atoms with Crippen molar-refractivity contribution in [3.05, 3.63) is 78.2 Å². The third-order valence-corrected chi connectivity index (χ3v) is 6.58. The number of nitrogens with one attached hydrogen (secondary N) is 1. The van der Waals surface area contributed by atoms with Crippen LogP contribution in [-0.4, -0.2) is 33.7 Å². The van der Waals surface area contributed by atoms with E-state index in [4.69, 9.17) is 19.9 Å². The van der Waals surface area contributed by atoms with Crippen LogP contribution >= 0.6 is 0 Å². The smallest absolute Gasteiger partial charge is 0.264 e. The molecule has 3 aromatic carbocycles. The van der Waals surface area contributed by atoms with E-state index in [1.54, 1.807) is 12.1 Å². The van der Waals surface area contributed by atoms with Crippen molar-refractivity contribution in [2.75, 3.05) is 25.0 Å². The molecule has 0 saturated carbocycles. The number of methoxy groups -OCH3 is 1. The van der Waals surface area contributed by atoms with Crippen LogP contribution in [0.15, 0.2) is 65.7 Å². The van der Waals surface area contributed by atoms with Crippen molar-refractivity contribution < 1.29 is 35.8 Å². The third kappa shape index (κ3) is 5.87. The van der Waals surface area contributed by atoms with Crippen molar-refractivity contribution in [2.24, 2.45) is 5.73 Å². The summed E-state index contributed by atoms with van der Waals surface area (Å²) in [5.74, 6) is -2.07. The lowest BCUT2D eigenvalue weighted by atomic mass is 10.1. The summed E-state index contributed by atoms with van der Waals surface area (Å²) in [5.41, 5.74) is 5.79. The molecular formula is C25H22F3N3O5S. The van der Waals surface area contributed by atoms with Crippen molar-refractivity contribution in [3.8, 4) is 23.0 Å². The first-order valence-corrected chi connectivity index (χ1v) is 12.4. The quantitative estimate of drug-likeness (QED) is 0.277. The second-order valence-corrected chi connectivity index (χ2v) is 9.40. The van der Waals surface area contributed by atoms with Gasteiger partial charge < -0.3 is 19.9 Å². The largest absolute Gasteiger partial charge is 0.493 e. The first-order valence-electron chi connectivity index (χ1n) is 11.0. The van der Waals surface area contributed by atoms with E-state index in [2.05, 4.69) is 4.98 Å². The summed E-state index contributed by atoms with van der Waals surface area (Å²) in [6.07, 6.45) is 2.13. The van der Waals surface area contributed by atoms with Gasteiger partial charge in [-0.15, -0.1) is 0 Å². The summed E-state index contributed by atoms with van der Waals surface area (Å²) in [5, 5.41) is 0.510. The highest BCUT2D eigenvalue weighted by Crippen LogP contribution is 2.38. The van der Waals surface area contributed by atoms with E-state index in [9.17, 15) is 21.6 Å². The number of halogens is 3. The fraction of sp³-hybridized carbons (Fsp3) is 0.160. The number of nitrogens with two attached hydrogens (primary N) is 1. The monoisotopic (exact) mass is 533 g/mol. The van der Waals surface area contributed by atoms with Crippen molar-refractivity contribution in [1.29, 1.82) is 0 Å². The van der Waals surface area contributed by atoms with Crippen molar-refractivity contribution in [3.63, 3.8) is 0 Å². The number of pyridine rings is 1. The number of ether oxygens (including phenoxy) is 3. The van der Waals surface area contributed by atoms with Crippen LogP contribution in [0.25, 0.3) is 10.9 Å². The minimum atomic E-state index is -4.52. The molecule has 0 aliphatic rings. The fourth-order valence-corrected chi connectivity index (χ4v) is 4.55. The molecular weight excluding hydrogens is 511 g/mol. The Hall–Kier alpha value is -4.03. The zero-order chi connectivity index (χ0) is 26.6. The molecule has 4 aromatic rings. The standard InChI is InChI=1S/C25H22F3N3O5S/c1-34-23-13-17-20(14-24(23)35-10-2-8-29)30-9-7-21(17)36-22-6-4-16(12-19(22)28)31-37(32,33)25-11-15(26)3-5-18(25)27/h3-7,9,11-14,31H,2,8,10,29H2,1H3. The Labute approximate surface area is 210 Å². The molecule has 0 aliphatic heterocycles. The number of sulfonamides is 1. The number of benzene rings is 3. The second kappa shape index (κ2) is 10.9. The average Bonchev–Trinajstić information content (AvgIpc) is 2.86. The Morgan fingerprint density at radius 2 is 1.73 bits per heavy atom. The van der Waals surface area contributed by atoms with Crippen molar-refractivity contribution in [1.82, 2.24) is 4.98 Å². The molecule has 1 heterocycles. The highest BCUT2D eigenvalue weighted by molar-refractivity contribution is 7.92. The Morgan fingerprint density at radius 3 is 2.46 bits per heavy atom. The second-order valence-electron chi connectivity index (χ2n) is 7.75. The number of hydrogen-bond acceptors (Lipinski definition) is 7. The molecule has 12 heteroatoms. The molecule has 0 unspecified atom stereocenters. The summed E-state index contributed by atoms with van der Waals surface area (Å²) < 4.78 is 86.1. The number of fused-ring (bicyclic) bond motifs is 1. The molecule has 0 saturated heterocycles. The SMILES string of the molecule is COc1cc2c(Oc3ccc(NS(=O)(=O)c4cc(F)ccc4F)cc3F)ccnc2cc1OCCCN. The first-order chi connectivity index (χ1) is 17.7. The van der Waals surface area contributed by atoms with Crippen LogP contribution in [0.4, 0.5) is 18.9 Å². The Balaban J connectivity index is 1.60. The van der Waals surface area contributed by atoms with Gasteiger partial charge in [-0.3, -0.25) is 9.71 Å². The molecule has 4 rings (SSSR count). The van der Waals surface area contributed by atoms with Gasteiger partial charge in [-0.2, -0.15) is 0 Å². The Bertz CT molecular complexity index is 1550. The molecule has 0 radical (unpaired) electrons. The topological polar surface area (TPSA) is 113 Å². The molecule has 3 N–H and O–H groups in total. The third-order valence-electron chi connectivity index (χ3n) is 5.18. The molecule has 194 valence electrons. The molecule has 0 fully saturated rings. The number of rotatable bonds is 10. The lowest BCUT2D eigenvalue weighted by Gasteiger charge is -2.14. The summed E-state index contributed by atoms with van der Waals surface area (Å²) in [7, 11) is -3.04. The summed E-state index contributed by atoms with van der Waals surface area (Å²) >= 11 is 0. The molecule has 0 atom stereocenters. The Morgan fingerprint density at radius 1 is 0.919 bits per heavy atom. The van der Waals surface area contributed by atoms with E-state index in [0.717, 1.165) is 12.1 Å². The van der Waals surface area contributed by atoms with Crippen molar-refractivity contribution >= 4 is 26.6 Å². The zero-order valence-corrected chi connectivity index (χ0v) is 20.3. The highest BCUT2D eigenvalue weighted by Gasteiger charge is 2.21. The zero-order valence-electron chi connectivity index (χ0n) is 19.5. The molecule has 0 amide bonds. The van der Waals surface area contributed by atoms with Gasteiger partial charge >= 0.3 is 0 Å². The minimum absolute atomic E-state index is 0.213. The van der Waals surface area contributed by atoms with Crippen LogP contribution in [0.2, 0.25) is 0 Å². The summed E-state index contributed by atoms with van der Waals surface area (Å²) in [4.78, 5) is 3.39. The summed E-state index contributed by atoms with van der Waals surface area (Å²) in [6.45, 7) is 0.862. The highest BCUT2D eigenvalue weighted by atomic mass is 32.2. The van der Waals surface area contributed by atoms with Crippen LogP contribution in [-0.2, 0) is 10.0 Å². The maximum absolute atomic E-state index is 14.9. The maximum Gasteiger partial charge on any atom is 0.264 e. The van der Waals surface area contributed by atoms with E-state index in [-0.39, 0.29) is 17.2 Å².